The lowest BCUT2D eigenvalue weighted by Crippen LogP contribution is -2.24. The maximum atomic E-state index is 12.9. The molecule has 0 aliphatic carbocycles. The molecule has 32 heavy (non-hydrogen) atoms. The van der Waals surface area contributed by atoms with E-state index in [4.69, 9.17) is 4.74 Å². The SMILES string of the molecule is O=C1c2ccnc(-c3ccccc3OCC(F)(F)F)c2CN1c1ccc(C(F)(F)F)cn1. The van der Waals surface area contributed by atoms with Crippen molar-refractivity contribution in [2.24, 2.45) is 0 Å². The number of fused-ring (bicyclic) bond motifs is 1. The lowest BCUT2D eigenvalue weighted by atomic mass is 10.0. The predicted molar refractivity (Wildman–Crippen MR) is 101 cm³/mol. The quantitative estimate of drug-likeness (QED) is 0.506. The third-order valence-corrected chi connectivity index (χ3v) is 4.73. The Kier molecular flexibility index (Phi) is 5.27. The second kappa shape index (κ2) is 7.81. The van der Waals surface area contributed by atoms with Crippen LogP contribution in [0.4, 0.5) is 32.2 Å². The molecule has 1 aliphatic heterocycles. The summed E-state index contributed by atoms with van der Waals surface area (Å²) in [4.78, 5) is 22.0. The fourth-order valence-electron chi connectivity index (χ4n) is 3.31. The van der Waals surface area contributed by atoms with E-state index >= 15 is 0 Å². The molecule has 0 bridgehead atoms. The summed E-state index contributed by atoms with van der Waals surface area (Å²) in [5.74, 6) is -0.569. The number of aromatic nitrogens is 2. The third kappa shape index (κ3) is 4.23. The maximum Gasteiger partial charge on any atom is 0.422 e. The normalized spacial score (nSPS) is 13.9. The second-order valence-corrected chi connectivity index (χ2v) is 6.88. The van der Waals surface area contributed by atoms with Crippen LogP contribution in [0.1, 0.15) is 21.5 Å². The highest BCUT2D eigenvalue weighted by molar-refractivity contribution is 6.10. The first-order valence-electron chi connectivity index (χ1n) is 9.16. The monoisotopic (exact) mass is 453 g/mol. The van der Waals surface area contributed by atoms with Crippen molar-refractivity contribution in [2.45, 2.75) is 18.9 Å². The van der Waals surface area contributed by atoms with E-state index in [1.54, 1.807) is 6.07 Å². The summed E-state index contributed by atoms with van der Waals surface area (Å²) in [5.41, 5.74) is 0.166. The average Bonchev–Trinajstić information content (AvgIpc) is 3.08. The number of benzene rings is 1. The molecule has 4 rings (SSSR count). The number of alkyl halides is 6. The molecule has 1 aliphatic rings. The number of carbonyl (C=O) groups is 1. The summed E-state index contributed by atoms with van der Waals surface area (Å²) >= 11 is 0. The van der Waals surface area contributed by atoms with E-state index in [-0.39, 0.29) is 34.9 Å². The zero-order valence-electron chi connectivity index (χ0n) is 16.0. The van der Waals surface area contributed by atoms with Gasteiger partial charge in [0.05, 0.1) is 17.8 Å². The van der Waals surface area contributed by atoms with Crippen LogP contribution in [0.3, 0.4) is 0 Å². The minimum absolute atomic E-state index is 0.00626. The largest absolute Gasteiger partial charge is 0.483 e. The van der Waals surface area contributed by atoms with Gasteiger partial charge in [-0.05, 0) is 30.3 Å². The lowest BCUT2D eigenvalue weighted by Gasteiger charge is -2.16. The Morgan fingerprint density at radius 3 is 2.34 bits per heavy atom. The van der Waals surface area contributed by atoms with Crippen molar-refractivity contribution in [1.82, 2.24) is 9.97 Å². The van der Waals surface area contributed by atoms with Gasteiger partial charge in [-0.1, -0.05) is 12.1 Å². The fraction of sp³-hybridized carbons (Fsp3) is 0.190. The van der Waals surface area contributed by atoms with Crippen molar-refractivity contribution in [1.29, 1.82) is 0 Å². The van der Waals surface area contributed by atoms with Gasteiger partial charge in [-0.3, -0.25) is 14.7 Å². The Bertz CT molecular complexity index is 1160. The van der Waals surface area contributed by atoms with Crippen molar-refractivity contribution in [3.05, 3.63) is 71.5 Å². The van der Waals surface area contributed by atoms with Gasteiger partial charge in [0.1, 0.15) is 11.6 Å². The molecule has 1 amide bonds. The number of amides is 1. The molecule has 0 radical (unpaired) electrons. The fourth-order valence-corrected chi connectivity index (χ4v) is 3.31. The van der Waals surface area contributed by atoms with E-state index in [2.05, 4.69) is 9.97 Å². The van der Waals surface area contributed by atoms with Gasteiger partial charge < -0.3 is 4.74 Å². The minimum atomic E-state index is -4.57. The van der Waals surface area contributed by atoms with E-state index < -0.39 is 30.4 Å². The van der Waals surface area contributed by atoms with Crippen LogP contribution in [0.15, 0.2) is 54.9 Å². The Morgan fingerprint density at radius 1 is 0.938 bits per heavy atom. The number of halogens is 6. The van der Waals surface area contributed by atoms with E-state index in [0.717, 1.165) is 12.1 Å². The van der Waals surface area contributed by atoms with E-state index in [9.17, 15) is 31.1 Å². The van der Waals surface area contributed by atoms with Gasteiger partial charge in [0, 0.05) is 29.1 Å². The van der Waals surface area contributed by atoms with Crippen LogP contribution in [0.5, 0.6) is 5.75 Å². The number of hydrogen-bond donors (Lipinski definition) is 0. The van der Waals surface area contributed by atoms with Crippen molar-refractivity contribution in [3.8, 4) is 17.0 Å². The number of pyridine rings is 2. The Balaban J connectivity index is 1.68. The molecule has 2 aromatic heterocycles. The molecule has 0 N–H and O–H groups in total. The molecule has 0 saturated heterocycles. The van der Waals surface area contributed by atoms with Crippen LogP contribution in [-0.2, 0) is 12.7 Å². The molecule has 0 saturated carbocycles. The van der Waals surface area contributed by atoms with Crippen molar-refractivity contribution in [3.63, 3.8) is 0 Å². The molecule has 1 aromatic carbocycles. The van der Waals surface area contributed by atoms with Crippen LogP contribution in [0, 0.1) is 0 Å². The molecule has 11 heteroatoms. The molecule has 3 aromatic rings. The highest BCUT2D eigenvalue weighted by Gasteiger charge is 2.35. The second-order valence-electron chi connectivity index (χ2n) is 6.88. The van der Waals surface area contributed by atoms with Crippen LogP contribution < -0.4 is 9.64 Å². The molecular weight excluding hydrogens is 440 g/mol. The molecular formula is C21H13F6N3O2. The van der Waals surface area contributed by atoms with E-state index in [1.807, 2.05) is 0 Å². The lowest BCUT2D eigenvalue weighted by molar-refractivity contribution is -0.153. The molecule has 3 heterocycles. The Hall–Kier alpha value is -3.63. The average molecular weight is 453 g/mol. The van der Waals surface area contributed by atoms with Crippen LogP contribution in [-0.4, -0.2) is 28.7 Å². The first kappa shape index (κ1) is 21.6. The summed E-state index contributed by atoms with van der Waals surface area (Å²) in [6.07, 6.45) is -7.15. The minimum Gasteiger partial charge on any atom is -0.483 e. The van der Waals surface area contributed by atoms with Crippen LogP contribution in [0.25, 0.3) is 11.3 Å². The van der Waals surface area contributed by atoms with Gasteiger partial charge >= 0.3 is 12.4 Å². The number of nitrogens with zero attached hydrogens (tertiary/aromatic N) is 3. The maximum absolute atomic E-state index is 12.9. The standard InChI is InChI=1S/C21H13F6N3O2/c22-20(23,24)11-32-16-4-2-1-3-14(16)18-15-10-30(19(31)13(15)7-8-28-18)17-6-5-12(9-29-17)21(25,26)27/h1-9H,10-11H2. The van der Waals surface area contributed by atoms with Crippen LogP contribution in [0.2, 0.25) is 0 Å². The predicted octanol–water partition coefficient (Wildman–Crippen LogP) is 5.26. The highest BCUT2D eigenvalue weighted by Crippen LogP contribution is 2.38. The number of ether oxygens (including phenoxy) is 1. The molecule has 5 nitrogen and oxygen atoms in total. The Morgan fingerprint density at radius 2 is 1.69 bits per heavy atom. The van der Waals surface area contributed by atoms with Gasteiger partial charge in [0.15, 0.2) is 6.61 Å². The smallest absolute Gasteiger partial charge is 0.422 e. The number of carbonyl (C=O) groups excluding carboxylic acids is 1. The molecule has 0 unspecified atom stereocenters. The van der Waals surface area contributed by atoms with Crippen molar-refractivity contribution >= 4 is 11.7 Å². The number of hydrogen-bond acceptors (Lipinski definition) is 4. The van der Waals surface area contributed by atoms with Gasteiger partial charge in [-0.2, -0.15) is 26.3 Å². The first-order valence-corrected chi connectivity index (χ1v) is 9.16. The van der Waals surface area contributed by atoms with E-state index in [0.29, 0.717) is 11.8 Å². The molecule has 166 valence electrons. The summed E-state index contributed by atoms with van der Waals surface area (Å²) in [7, 11) is 0. The van der Waals surface area contributed by atoms with Gasteiger partial charge in [-0.25, -0.2) is 4.98 Å². The van der Waals surface area contributed by atoms with Crippen molar-refractivity contribution in [2.75, 3.05) is 11.5 Å². The number of para-hydroxylation sites is 1. The summed E-state index contributed by atoms with van der Waals surface area (Å²) < 4.78 is 81.1. The molecule has 0 atom stereocenters. The Labute approximate surface area is 177 Å². The number of anilines is 1. The molecule has 0 spiro atoms. The van der Waals surface area contributed by atoms with Crippen LogP contribution >= 0.6 is 0 Å². The zero-order chi connectivity index (χ0) is 23.1. The summed E-state index contributed by atoms with van der Waals surface area (Å²) in [5, 5.41) is 0. The third-order valence-electron chi connectivity index (χ3n) is 4.73. The summed E-state index contributed by atoms with van der Waals surface area (Å²) in [6, 6.07) is 9.29. The van der Waals surface area contributed by atoms with Crippen molar-refractivity contribution < 1.29 is 35.9 Å². The van der Waals surface area contributed by atoms with E-state index in [1.165, 1.54) is 35.4 Å². The van der Waals surface area contributed by atoms with Gasteiger partial charge in [-0.15, -0.1) is 0 Å². The topological polar surface area (TPSA) is 55.3 Å². The van der Waals surface area contributed by atoms with Gasteiger partial charge in [0.2, 0.25) is 0 Å². The first-order chi connectivity index (χ1) is 15.0. The summed E-state index contributed by atoms with van der Waals surface area (Å²) in [6.45, 7) is -1.57. The zero-order valence-corrected chi connectivity index (χ0v) is 16.0. The van der Waals surface area contributed by atoms with Gasteiger partial charge in [0.25, 0.3) is 5.91 Å². The highest BCUT2D eigenvalue weighted by atomic mass is 19.4. The number of rotatable bonds is 4. The molecule has 0 fully saturated rings.